The third-order valence-electron chi connectivity index (χ3n) is 4.36. The van der Waals surface area contributed by atoms with E-state index in [0.717, 1.165) is 24.2 Å². The zero-order valence-corrected chi connectivity index (χ0v) is 13.9. The molecule has 1 aliphatic carbocycles. The lowest BCUT2D eigenvalue weighted by atomic mass is 10.2. The maximum atomic E-state index is 13.2. The van der Waals surface area contributed by atoms with Gasteiger partial charge in [0, 0.05) is 12.6 Å². The molecule has 1 aromatic carbocycles. The molecule has 3 rings (SSSR count). The number of hydrogen-bond donors (Lipinski definition) is 1. The van der Waals surface area contributed by atoms with Crippen molar-refractivity contribution in [3.8, 4) is 0 Å². The standard InChI is InChI=1S/C18H23FN4O/c1-22(12-14-5-4-6-15(19)11-14)13-18(24)21-17-9-10-20-23(17)16-7-2-3-8-16/h4-6,9-11,16H,2-3,7-8,12-13H2,1H3,(H,21,24). The third-order valence-corrected chi connectivity index (χ3v) is 4.36. The smallest absolute Gasteiger partial charge is 0.239 e. The quantitative estimate of drug-likeness (QED) is 0.885. The molecular weight excluding hydrogens is 307 g/mol. The van der Waals surface area contributed by atoms with Crippen LogP contribution < -0.4 is 5.32 Å². The number of halogens is 1. The highest BCUT2D eigenvalue weighted by Crippen LogP contribution is 2.31. The number of aromatic nitrogens is 2. The Labute approximate surface area is 141 Å². The Morgan fingerprint density at radius 3 is 2.92 bits per heavy atom. The summed E-state index contributed by atoms with van der Waals surface area (Å²) in [6.45, 7) is 0.763. The minimum absolute atomic E-state index is 0.0892. The van der Waals surface area contributed by atoms with Crippen molar-refractivity contribution in [2.75, 3.05) is 18.9 Å². The van der Waals surface area contributed by atoms with Crippen LogP contribution in [-0.4, -0.2) is 34.2 Å². The molecule has 1 aromatic heterocycles. The number of nitrogens with one attached hydrogen (secondary N) is 1. The molecule has 1 N–H and O–H groups in total. The lowest BCUT2D eigenvalue weighted by molar-refractivity contribution is -0.117. The van der Waals surface area contributed by atoms with Gasteiger partial charge in [-0.05, 0) is 37.6 Å². The van der Waals surface area contributed by atoms with Gasteiger partial charge in [0.05, 0.1) is 18.8 Å². The third kappa shape index (κ3) is 4.20. The van der Waals surface area contributed by atoms with Crippen molar-refractivity contribution in [2.45, 2.75) is 38.3 Å². The maximum absolute atomic E-state index is 13.2. The number of benzene rings is 1. The molecule has 6 heteroatoms. The first-order valence-corrected chi connectivity index (χ1v) is 8.38. The molecule has 0 saturated heterocycles. The SMILES string of the molecule is CN(CC(=O)Nc1ccnn1C1CCCC1)Cc1cccc(F)c1. The van der Waals surface area contributed by atoms with E-state index in [2.05, 4.69) is 10.4 Å². The Hall–Kier alpha value is -2.21. The van der Waals surface area contributed by atoms with Gasteiger partial charge >= 0.3 is 0 Å². The van der Waals surface area contributed by atoms with E-state index in [-0.39, 0.29) is 18.3 Å². The van der Waals surface area contributed by atoms with E-state index >= 15 is 0 Å². The van der Waals surface area contributed by atoms with E-state index in [1.807, 2.05) is 28.8 Å². The zero-order chi connectivity index (χ0) is 16.9. The lowest BCUT2D eigenvalue weighted by Gasteiger charge is -2.18. The number of carbonyl (C=O) groups excluding carboxylic acids is 1. The fourth-order valence-corrected chi connectivity index (χ4v) is 3.28. The highest BCUT2D eigenvalue weighted by Gasteiger charge is 2.20. The second-order valence-corrected chi connectivity index (χ2v) is 6.45. The van der Waals surface area contributed by atoms with Crippen LogP contribution in [0.25, 0.3) is 0 Å². The summed E-state index contributed by atoms with van der Waals surface area (Å²) < 4.78 is 15.1. The second kappa shape index (κ2) is 7.57. The van der Waals surface area contributed by atoms with Crippen molar-refractivity contribution in [2.24, 2.45) is 0 Å². The van der Waals surface area contributed by atoms with E-state index in [4.69, 9.17) is 0 Å². The van der Waals surface area contributed by atoms with E-state index in [1.54, 1.807) is 12.3 Å². The minimum Gasteiger partial charge on any atom is -0.310 e. The van der Waals surface area contributed by atoms with Gasteiger partial charge < -0.3 is 5.32 Å². The monoisotopic (exact) mass is 330 g/mol. The first-order valence-electron chi connectivity index (χ1n) is 8.38. The molecule has 1 saturated carbocycles. The van der Waals surface area contributed by atoms with Crippen LogP contribution in [-0.2, 0) is 11.3 Å². The van der Waals surface area contributed by atoms with Crippen molar-refractivity contribution < 1.29 is 9.18 Å². The predicted octanol–water partition coefficient (Wildman–Crippen LogP) is 3.21. The fourth-order valence-electron chi connectivity index (χ4n) is 3.28. The van der Waals surface area contributed by atoms with Gasteiger partial charge in [-0.2, -0.15) is 5.10 Å². The van der Waals surface area contributed by atoms with Gasteiger partial charge in [0.1, 0.15) is 11.6 Å². The first-order chi connectivity index (χ1) is 11.6. The Balaban J connectivity index is 1.55. The fraction of sp³-hybridized carbons (Fsp3) is 0.444. The number of nitrogens with zero attached hydrogens (tertiary/aromatic N) is 3. The minimum atomic E-state index is -0.259. The zero-order valence-electron chi connectivity index (χ0n) is 13.9. The van der Waals surface area contributed by atoms with E-state index in [1.165, 1.54) is 25.0 Å². The average molecular weight is 330 g/mol. The van der Waals surface area contributed by atoms with Gasteiger partial charge in [-0.15, -0.1) is 0 Å². The summed E-state index contributed by atoms with van der Waals surface area (Å²) in [7, 11) is 1.85. The van der Waals surface area contributed by atoms with Gasteiger partial charge in [-0.1, -0.05) is 25.0 Å². The molecule has 0 bridgehead atoms. The molecule has 0 spiro atoms. The van der Waals surface area contributed by atoms with Gasteiger partial charge in [0.25, 0.3) is 0 Å². The van der Waals surface area contributed by atoms with Crippen molar-refractivity contribution in [3.63, 3.8) is 0 Å². The summed E-state index contributed by atoms with van der Waals surface area (Å²) in [5.41, 5.74) is 0.848. The molecule has 1 amide bonds. The summed E-state index contributed by atoms with van der Waals surface area (Å²) in [5.74, 6) is 0.408. The van der Waals surface area contributed by atoms with E-state index in [9.17, 15) is 9.18 Å². The van der Waals surface area contributed by atoms with Crippen LogP contribution in [0, 0.1) is 5.82 Å². The molecule has 2 aromatic rings. The summed E-state index contributed by atoms with van der Waals surface area (Å²) in [6.07, 6.45) is 6.39. The highest BCUT2D eigenvalue weighted by molar-refractivity contribution is 5.91. The van der Waals surface area contributed by atoms with E-state index < -0.39 is 0 Å². The van der Waals surface area contributed by atoms with E-state index in [0.29, 0.717) is 12.6 Å². The number of carbonyl (C=O) groups is 1. The van der Waals surface area contributed by atoms with Crippen molar-refractivity contribution in [3.05, 3.63) is 47.9 Å². The molecule has 128 valence electrons. The Morgan fingerprint density at radius 1 is 1.38 bits per heavy atom. The van der Waals surface area contributed by atoms with Crippen LogP contribution >= 0.6 is 0 Å². The summed E-state index contributed by atoms with van der Waals surface area (Å²) in [4.78, 5) is 14.1. The molecule has 0 radical (unpaired) electrons. The second-order valence-electron chi connectivity index (χ2n) is 6.45. The highest BCUT2D eigenvalue weighted by atomic mass is 19.1. The maximum Gasteiger partial charge on any atom is 0.239 e. The van der Waals surface area contributed by atoms with Crippen molar-refractivity contribution in [1.82, 2.24) is 14.7 Å². The van der Waals surface area contributed by atoms with Gasteiger partial charge in [0.15, 0.2) is 0 Å². The van der Waals surface area contributed by atoms with Gasteiger partial charge in [-0.25, -0.2) is 9.07 Å². The Morgan fingerprint density at radius 2 is 2.17 bits per heavy atom. The predicted molar refractivity (Wildman–Crippen MR) is 91.1 cm³/mol. The number of anilines is 1. The summed E-state index contributed by atoms with van der Waals surface area (Å²) >= 11 is 0. The van der Waals surface area contributed by atoms with Crippen LogP contribution in [0.1, 0.15) is 37.3 Å². The Kier molecular flexibility index (Phi) is 5.25. The molecular formula is C18H23FN4O. The van der Waals surface area contributed by atoms with Crippen LogP contribution in [0.3, 0.4) is 0 Å². The number of rotatable bonds is 6. The normalized spacial score (nSPS) is 15.1. The summed E-state index contributed by atoms with van der Waals surface area (Å²) in [5, 5.41) is 7.30. The molecule has 5 nitrogen and oxygen atoms in total. The average Bonchev–Trinajstić information content (AvgIpc) is 3.17. The molecule has 0 aliphatic heterocycles. The topological polar surface area (TPSA) is 50.2 Å². The van der Waals surface area contributed by atoms with Crippen molar-refractivity contribution >= 4 is 11.7 Å². The lowest BCUT2D eigenvalue weighted by Crippen LogP contribution is -2.30. The largest absolute Gasteiger partial charge is 0.310 e. The molecule has 1 heterocycles. The summed E-state index contributed by atoms with van der Waals surface area (Å²) in [6, 6.07) is 8.67. The van der Waals surface area contributed by atoms with Gasteiger partial charge in [-0.3, -0.25) is 9.69 Å². The molecule has 0 atom stereocenters. The number of amides is 1. The molecule has 0 unspecified atom stereocenters. The molecule has 24 heavy (non-hydrogen) atoms. The van der Waals surface area contributed by atoms with Gasteiger partial charge in [0.2, 0.25) is 5.91 Å². The molecule has 1 fully saturated rings. The number of hydrogen-bond acceptors (Lipinski definition) is 3. The van der Waals surface area contributed by atoms with Crippen LogP contribution in [0.4, 0.5) is 10.2 Å². The first kappa shape index (κ1) is 16.6. The molecule has 1 aliphatic rings. The van der Waals surface area contributed by atoms with Crippen LogP contribution in [0.2, 0.25) is 0 Å². The van der Waals surface area contributed by atoms with Crippen molar-refractivity contribution in [1.29, 1.82) is 0 Å². The van der Waals surface area contributed by atoms with Crippen LogP contribution in [0.5, 0.6) is 0 Å². The number of likely N-dealkylation sites (N-methyl/N-ethyl adjacent to an activating group) is 1. The van der Waals surface area contributed by atoms with Crippen LogP contribution in [0.15, 0.2) is 36.5 Å². The Bertz CT molecular complexity index is 694.